The minimum Gasteiger partial charge on any atom is -0.375 e. The first kappa shape index (κ1) is 7.64. The quantitative estimate of drug-likeness (QED) is 0.538. The van der Waals surface area contributed by atoms with Crippen molar-refractivity contribution in [2.24, 2.45) is 5.92 Å². The van der Waals surface area contributed by atoms with E-state index in [9.17, 15) is 0 Å². The summed E-state index contributed by atoms with van der Waals surface area (Å²) < 4.78 is 0. The summed E-state index contributed by atoms with van der Waals surface area (Å²) in [5, 5.41) is 0. The van der Waals surface area contributed by atoms with Gasteiger partial charge in [0, 0.05) is 18.8 Å². The third-order valence-corrected chi connectivity index (χ3v) is 2.20. The van der Waals surface area contributed by atoms with Gasteiger partial charge in [0.25, 0.3) is 0 Å². The molecule has 1 fully saturated rings. The Morgan fingerprint density at radius 3 is 2.70 bits per heavy atom. The molecule has 10 heavy (non-hydrogen) atoms. The monoisotopic (exact) mass is 139 g/mol. The molecule has 0 amide bonds. The number of rotatable bonds is 1. The summed E-state index contributed by atoms with van der Waals surface area (Å²) in [5.41, 5.74) is 1.23. The fourth-order valence-corrected chi connectivity index (χ4v) is 1.54. The molecule has 0 spiro atoms. The van der Waals surface area contributed by atoms with Gasteiger partial charge in [-0.3, -0.25) is 0 Å². The SMILES string of the molecule is C=C(C)N1CCC[C@H](C)C1. The highest BCUT2D eigenvalue weighted by Crippen LogP contribution is 2.17. The molecule has 0 saturated carbocycles. The van der Waals surface area contributed by atoms with Crippen molar-refractivity contribution in [3.05, 3.63) is 12.3 Å². The molecule has 0 N–H and O–H groups in total. The van der Waals surface area contributed by atoms with Crippen LogP contribution in [0.2, 0.25) is 0 Å². The molecular formula is C9H17N. The highest BCUT2D eigenvalue weighted by atomic mass is 15.1. The van der Waals surface area contributed by atoms with Crippen molar-refractivity contribution in [1.82, 2.24) is 4.90 Å². The maximum atomic E-state index is 3.94. The second-order valence-electron chi connectivity index (χ2n) is 3.43. The second-order valence-corrected chi connectivity index (χ2v) is 3.43. The summed E-state index contributed by atoms with van der Waals surface area (Å²) in [6.07, 6.45) is 2.73. The lowest BCUT2D eigenvalue weighted by Crippen LogP contribution is -2.32. The summed E-state index contributed by atoms with van der Waals surface area (Å²) in [6.45, 7) is 10.8. The van der Waals surface area contributed by atoms with E-state index < -0.39 is 0 Å². The van der Waals surface area contributed by atoms with E-state index in [2.05, 4.69) is 25.3 Å². The van der Waals surface area contributed by atoms with Gasteiger partial charge in [0.05, 0.1) is 0 Å². The van der Waals surface area contributed by atoms with Gasteiger partial charge in [-0.25, -0.2) is 0 Å². The minimum absolute atomic E-state index is 0.866. The molecule has 1 aliphatic heterocycles. The van der Waals surface area contributed by atoms with Crippen molar-refractivity contribution in [1.29, 1.82) is 0 Å². The molecule has 1 aliphatic rings. The van der Waals surface area contributed by atoms with Crippen LogP contribution in [0.25, 0.3) is 0 Å². The molecule has 0 radical (unpaired) electrons. The number of nitrogens with zero attached hydrogens (tertiary/aromatic N) is 1. The van der Waals surface area contributed by atoms with E-state index in [0.29, 0.717) is 0 Å². The third-order valence-electron chi connectivity index (χ3n) is 2.20. The molecule has 1 saturated heterocycles. The average Bonchev–Trinajstić information content (AvgIpc) is 1.88. The van der Waals surface area contributed by atoms with Gasteiger partial charge in [-0.15, -0.1) is 0 Å². The Balaban J connectivity index is 2.39. The molecular weight excluding hydrogens is 122 g/mol. The first-order chi connectivity index (χ1) is 4.70. The first-order valence-electron chi connectivity index (χ1n) is 4.10. The average molecular weight is 139 g/mol. The molecule has 0 aromatic rings. The van der Waals surface area contributed by atoms with Crippen molar-refractivity contribution in [3.8, 4) is 0 Å². The van der Waals surface area contributed by atoms with E-state index in [1.54, 1.807) is 0 Å². The van der Waals surface area contributed by atoms with Crippen LogP contribution in [0.5, 0.6) is 0 Å². The van der Waals surface area contributed by atoms with Crippen LogP contribution in [-0.4, -0.2) is 18.0 Å². The van der Waals surface area contributed by atoms with E-state index in [1.807, 2.05) is 0 Å². The van der Waals surface area contributed by atoms with Crippen LogP contribution in [0.4, 0.5) is 0 Å². The van der Waals surface area contributed by atoms with Crippen LogP contribution in [0.3, 0.4) is 0 Å². The highest BCUT2D eigenvalue weighted by molar-refractivity contribution is 4.90. The third kappa shape index (κ3) is 1.76. The lowest BCUT2D eigenvalue weighted by molar-refractivity contribution is 0.230. The lowest BCUT2D eigenvalue weighted by Gasteiger charge is -2.32. The van der Waals surface area contributed by atoms with Crippen LogP contribution < -0.4 is 0 Å². The Morgan fingerprint density at radius 2 is 2.30 bits per heavy atom. The minimum atomic E-state index is 0.866. The topological polar surface area (TPSA) is 3.24 Å². The van der Waals surface area contributed by atoms with E-state index in [0.717, 1.165) is 5.92 Å². The molecule has 1 atom stereocenters. The Hall–Kier alpha value is -0.460. The maximum Gasteiger partial charge on any atom is 0.0200 e. The number of likely N-dealkylation sites (tertiary alicyclic amines) is 1. The molecule has 0 aromatic heterocycles. The molecule has 1 heteroatoms. The van der Waals surface area contributed by atoms with Crippen LogP contribution in [-0.2, 0) is 0 Å². The molecule has 0 unspecified atom stereocenters. The van der Waals surface area contributed by atoms with Crippen LogP contribution in [0.15, 0.2) is 12.3 Å². The summed E-state index contributed by atoms with van der Waals surface area (Å²) >= 11 is 0. The number of allylic oxidation sites excluding steroid dienone is 1. The van der Waals surface area contributed by atoms with Gasteiger partial charge < -0.3 is 4.90 Å². The molecule has 0 bridgehead atoms. The smallest absolute Gasteiger partial charge is 0.0200 e. The fourth-order valence-electron chi connectivity index (χ4n) is 1.54. The summed E-state index contributed by atoms with van der Waals surface area (Å²) in [6, 6.07) is 0. The second kappa shape index (κ2) is 3.09. The van der Waals surface area contributed by atoms with E-state index in [4.69, 9.17) is 0 Å². The molecule has 58 valence electrons. The van der Waals surface area contributed by atoms with Crippen molar-refractivity contribution in [2.75, 3.05) is 13.1 Å². The van der Waals surface area contributed by atoms with Crippen LogP contribution >= 0.6 is 0 Å². The maximum absolute atomic E-state index is 3.94. The van der Waals surface area contributed by atoms with Crippen molar-refractivity contribution in [3.63, 3.8) is 0 Å². The summed E-state index contributed by atoms with van der Waals surface area (Å²) in [5.74, 6) is 0.866. The van der Waals surface area contributed by atoms with Crippen LogP contribution in [0.1, 0.15) is 26.7 Å². The Labute approximate surface area is 63.7 Å². The van der Waals surface area contributed by atoms with Crippen LogP contribution in [0, 0.1) is 5.92 Å². The van der Waals surface area contributed by atoms with E-state index >= 15 is 0 Å². The van der Waals surface area contributed by atoms with Gasteiger partial charge in [0.2, 0.25) is 0 Å². The van der Waals surface area contributed by atoms with Crippen molar-refractivity contribution < 1.29 is 0 Å². The van der Waals surface area contributed by atoms with Gasteiger partial charge in [-0.1, -0.05) is 13.5 Å². The zero-order chi connectivity index (χ0) is 7.56. The van der Waals surface area contributed by atoms with Crippen molar-refractivity contribution in [2.45, 2.75) is 26.7 Å². The Morgan fingerprint density at radius 1 is 1.60 bits per heavy atom. The largest absolute Gasteiger partial charge is 0.375 e. The zero-order valence-corrected chi connectivity index (χ0v) is 7.06. The van der Waals surface area contributed by atoms with E-state index in [-0.39, 0.29) is 0 Å². The first-order valence-corrected chi connectivity index (χ1v) is 4.10. The molecule has 1 heterocycles. The number of piperidine rings is 1. The molecule has 1 rings (SSSR count). The van der Waals surface area contributed by atoms with Gasteiger partial charge in [-0.2, -0.15) is 0 Å². The van der Waals surface area contributed by atoms with Gasteiger partial charge in [0.15, 0.2) is 0 Å². The Kier molecular flexibility index (Phi) is 2.36. The highest BCUT2D eigenvalue weighted by Gasteiger charge is 2.14. The van der Waals surface area contributed by atoms with Gasteiger partial charge >= 0.3 is 0 Å². The number of hydrogen-bond acceptors (Lipinski definition) is 1. The van der Waals surface area contributed by atoms with Gasteiger partial charge in [-0.05, 0) is 25.7 Å². The fraction of sp³-hybridized carbons (Fsp3) is 0.778. The summed E-state index contributed by atoms with van der Waals surface area (Å²) in [4.78, 5) is 2.38. The Bertz CT molecular complexity index is 129. The zero-order valence-electron chi connectivity index (χ0n) is 7.06. The number of hydrogen-bond donors (Lipinski definition) is 0. The lowest BCUT2D eigenvalue weighted by atomic mass is 10.0. The predicted molar refractivity (Wildman–Crippen MR) is 44.8 cm³/mol. The molecule has 0 aromatic carbocycles. The standard InChI is InChI=1S/C9H17N/c1-8(2)10-6-4-5-9(3)7-10/h9H,1,4-7H2,2-3H3/t9-/m0/s1. The molecule has 1 nitrogen and oxygen atoms in total. The predicted octanol–water partition coefficient (Wildman–Crippen LogP) is 2.25. The normalized spacial score (nSPS) is 26.6. The van der Waals surface area contributed by atoms with E-state index in [1.165, 1.54) is 31.6 Å². The molecule has 0 aliphatic carbocycles. The summed E-state index contributed by atoms with van der Waals surface area (Å²) in [7, 11) is 0. The van der Waals surface area contributed by atoms with Crippen molar-refractivity contribution >= 4 is 0 Å². The van der Waals surface area contributed by atoms with Gasteiger partial charge in [0.1, 0.15) is 0 Å².